The molecule has 0 spiro atoms. The number of carbonyl (C=O) groups is 2. The topological polar surface area (TPSA) is 81.9 Å². The lowest BCUT2D eigenvalue weighted by atomic mass is 10.0. The molecule has 2 aromatic carbocycles. The van der Waals surface area contributed by atoms with Crippen LogP contribution in [0.4, 0.5) is 0 Å². The van der Waals surface area contributed by atoms with Crippen molar-refractivity contribution in [2.75, 3.05) is 19.8 Å². The maximum Gasteiger partial charge on any atom is 0.254 e. The van der Waals surface area contributed by atoms with E-state index in [1.165, 1.54) is 10.5 Å². The van der Waals surface area contributed by atoms with Gasteiger partial charge in [-0.05, 0) is 42.7 Å². The van der Waals surface area contributed by atoms with Crippen LogP contribution < -0.4 is 15.2 Å². The molecule has 1 aliphatic heterocycles. The number of hydrogen-bond acceptors (Lipinski definition) is 4. The highest BCUT2D eigenvalue weighted by Crippen LogP contribution is 2.32. The lowest BCUT2D eigenvalue weighted by Gasteiger charge is -2.29. The van der Waals surface area contributed by atoms with Crippen LogP contribution >= 0.6 is 0 Å². The first-order valence-electron chi connectivity index (χ1n) is 9.57. The number of carbonyl (C=O) groups excluding carboxylic acids is 2. The number of rotatable bonds is 7. The molecule has 2 aromatic rings. The molecule has 0 saturated carbocycles. The summed E-state index contributed by atoms with van der Waals surface area (Å²) in [6, 6.07) is 12.9. The molecule has 1 heterocycles. The van der Waals surface area contributed by atoms with Gasteiger partial charge >= 0.3 is 0 Å². The van der Waals surface area contributed by atoms with Gasteiger partial charge in [0, 0.05) is 5.56 Å². The van der Waals surface area contributed by atoms with Crippen molar-refractivity contribution >= 4 is 11.8 Å². The second kappa shape index (κ2) is 8.78. The van der Waals surface area contributed by atoms with Gasteiger partial charge < -0.3 is 20.1 Å². The quantitative estimate of drug-likeness (QED) is 0.798. The number of hydrogen-bond donors (Lipinski definition) is 1. The molecule has 0 fully saturated rings. The van der Waals surface area contributed by atoms with Crippen molar-refractivity contribution < 1.29 is 19.1 Å². The van der Waals surface area contributed by atoms with Crippen molar-refractivity contribution in [2.45, 2.75) is 32.7 Å². The fraction of sp³-hybridized carbons (Fsp3) is 0.364. The van der Waals surface area contributed by atoms with E-state index in [1.54, 1.807) is 18.2 Å². The van der Waals surface area contributed by atoms with Crippen molar-refractivity contribution in [1.82, 2.24) is 4.90 Å². The Hall–Kier alpha value is -3.02. The zero-order valence-electron chi connectivity index (χ0n) is 16.3. The Kier molecular flexibility index (Phi) is 6.19. The highest BCUT2D eigenvalue weighted by atomic mass is 16.6. The van der Waals surface area contributed by atoms with E-state index in [-0.39, 0.29) is 18.5 Å². The smallest absolute Gasteiger partial charge is 0.254 e. The summed E-state index contributed by atoms with van der Waals surface area (Å²) >= 11 is 0. The standard InChI is InChI=1S/C22H26N2O4/c1-3-4-16-5-7-17(8-6-16)15(2)24(14-21(23)25)22(26)18-9-10-19-20(13-18)28-12-11-27-19/h5-10,13,15H,3-4,11-12,14H2,1-2H3,(H2,23,25)/t15-/m0/s1. The van der Waals surface area contributed by atoms with Crippen LogP contribution in [0.15, 0.2) is 42.5 Å². The monoisotopic (exact) mass is 382 g/mol. The van der Waals surface area contributed by atoms with E-state index in [0.29, 0.717) is 30.3 Å². The number of nitrogens with two attached hydrogens (primary N) is 1. The second-order valence-electron chi connectivity index (χ2n) is 6.93. The lowest BCUT2D eigenvalue weighted by molar-refractivity contribution is -0.119. The zero-order chi connectivity index (χ0) is 20.1. The summed E-state index contributed by atoms with van der Waals surface area (Å²) in [7, 11) is 0. The van der Waals surface area contributed by atoms with Crippen LogP contribution in [0.2, 0.25) is 0 Å². The Morgan fingerprint density at radius 2 is 1.75 bits per heavy atom. The SMILES string of the molecule is CCCc1ccc([C@H](C)N(CC(N)=O)C(=O)c2ccc3c(c2)OCCO3)cc1. The van der Waals surface area contributed by atoms with Gasteiger partial charge in [-0.2, -0.15) is 0 Å². The zero-order valence-corrected chi connectivity index (χ0v) is 16.3. The number of benzene rings is 2. The molecule has 0 saturated heterocycles. The summed E-state index contributed by atoms with van der Waals surface area (Å²) in [4.78, 5) is 26.3. The molecule has 0 aromatic heterocycles. The molecular weight excluding hydrogens is 356 g/mol. The molecule has 0 bridgehead atoms. The molecule has 0 aliphatic carbocycles. The van der Waals surface area contributed by atoms with Gasteiger partial charge in [0.25, 0.3) is 5.91 Å². The number of primary amides is 1. The Morgan fingerprint density at radius 1 is 1.07 bits per heavy atom. The average Bonchev–Trinajstić information content (AvgIpc) is 2.71. The molecule has 2 amide bonds. The maximum absolute atomic E-state index is 13.2. The first-order valence-corrected chi connectivity index (χ1v) is 9.57. The van der Waals surface area contributed by atoms with Gasteiger partial charge in [0.05, 0.1) is 6.04 Å². The normalized spacial score (nSPS) is 13.6. The van der Waals surface area contributed by atoms with Crippen molar-refractivity contribution in [3.8, 4) is 11.5 Å². The largest absolute Gasteiger partial charge is 0.486 e. The van der Waals surface area contributed by atoms with Crippen molar-refractivity contribution in [1.29, 1.82) is 0 Å². The van der Waals surface area contributed by atoms with Crippen LogP contribution in [-0.4, -0.2) is 36.5 Å². The maximum atomic E-state index is 13.2. The van der Waals surface area contributed by atoms with Gasteiger partial charge in [-0.15, -0.1) is 0 Å². The Labute approximate surface area is 165 Å². The number of nitrogens with zero attached hydrogens (tertiary/aromatic N) is 1. The van der Waals surface area contributed by atoms with Crippen LogP contribution in [0.25, 0.3) is 0 Å². The molecular formula is C22H26N2O4. The summed E-state index contributed by atoms with van der Waals surface area (Å²) in [5, 5.41) is 0. The molecule has 2 N–H and O–H groups in total. The Morgan fingerprint density at radius 3 is 2.39 bits per heavy atom. The van der Waals surface area contributed by atoms with E-state index in [9.17, 15) is 9.59 Å². The van der Waals surface area contributed by atoms with Gasteiger partial charge in [-0.1, -0.05) is 37.6 Å². The van der Waals surface area contributed by atoms with Crippen molar-refractivity contribution in [3.63, 3.8) is 0 Å². The molecule has 148 valence electrons. The van der Waals surface area contributed by atoms with Crippen LogP contribution in [0.3, 0.4) is 0 Å². The molecule has 6 nitrogen and oxygen atoms in total. The molecule has 0 radical (unpaired) electrons. The number of aryl methyl sites for hydroxylation is 1. The predicted molar refractivity (Wildman–Crippen MR) is 107 cm³/mol. The van der Waals surface area contributed by atoms with E-state index in [2.05, 4.69) is 19.1 Å². The molecule has 0 unspecified atom stereocenters. The van der Waals surface area contributed by atoms with E-state index in [0.717, 1.165) is 18.4 Å². The highest BCUT2D eigenvalue weighted by molar-refractivity contribution is 5.97. The van der Waals surface area contributed by atoms with E-state index >= 15 is 0 Å². The molecule has 1 aliphatic rings. The summed E-state index contributed by atoms with van der Waals surface area (Å²) in [6.45, 7) is 4.80. The third-order valence-corrected chi connectivity index (χ3v) is 4.84. The van der Waals surface area contributed by atoms with E-state index in [4.69, 9.17) is 15.2 Å². The molecule has 28 heavy (non-hydrogen) atoms. The first kappa shape index (κ1) is 19.7. The minimum absolute atomic E-state index is 0.162. The first-order chi connectivity index (χ1) is 13.5. The lowest BCUT2D eigenvalue weighted by Crippen LogP contribution is -2.40. The number of ether oxygens (including phenoxy) is 2. The van der Waals surface area contributed by atoms with Gasteiger partial charge in [0.2, 0.25) is 5.91 Å². The van der Waals surface area contributed by atoms with Crippen LogP contribution in [0, 0.1) is 0 Å². The minimum Gasteiger partial charge on any atom is -0.486 e. The predicted octanol–water partition coefficient (Wildman–Crippen LogP) is 3.10. The molecule has 1 atom stereocenters. The highest BCUT2D eigenvalue weighted by Gasteiger charge is 2.26. The summed E-state index contributed by atoms with van der Waals surface area (Å²) in [6.07, 6.45) is 2.08. The second-order valence-corrected chi connectivity index (χ2v) is 6.93. The Balaban J connectivity index is 1.86. The van der Waals surface area contributed by atoms with E-state index < -0.39 is 5.91 Å². The van der Waals surface area contributed by atoms with Crippen molar-refractivity contribution in [3.05, 3.63) is 59.2 Å². The van der Waals surface area contributed by atoms with Crippen molar-refractivity contribution in [2.24, 2.45) is 5.73 Å². The third kappa shape index (κ3) is 4.44. The number of fused-ring (bicyclic) bond motifs is 1. The summed E-state index contributed by atoms with van der Waals surface area (Å²) in [5.41, 5.74) is 8.05. The fourth-order valence-corrected chi connectivity index (χ4v) is 3.33. The fourth-order valence-electron chi connectivity index (χ4n) is 3.33. The van der Waals surface area contributed by atoms with Crippen LogP contribution in [-0.2, 0) is 11.2 Å². The molecule has 6 heteroatoms. The number of amides is 2. The van der Waals surface area contributed by atoms with E-state index in [1.807, 2.05) is 19.1 Å². The minimum atomic E-state index is -0.555. The van der Waals surface area contributed by atoms with Gasteiger partial charge in [0.1, 0.15) is 19.8 Å². The van der Waals surface area contributed by atoms with Gasteiger partial charge in [0.15, 0.2) is 11.5 Å². The van der Waals surface area contributed by atoms with Gasteiger partial charge in [-0.25, -0.2) is 0 Å². The van der Waals surface area contributed by atoms with Gasteiger partial charge in [-0.3, -0.25) is 9.59 Å². The summed E-state index contributed by atoms with van der Waals surface area (Å²) < 4.78 is 11.1. The van der Waals surface area contributed by atoms with Crippen LogP contribution in [0.5, 0.6) is 11.5 Å². The third-order valence-electron chi connectivity index (χ3n) is 4.84. The molecule has 3 rings (SSSR count). The average molecular weight is 382 g/mol. The Bertz CT molecular complexity index is 848. The summed E-state index contributed by atoms with van der Waals surface area (Å²) in [5.74, 6) is 0.317. The van der Waals surface area contributed by atoms with Crippen LogP contribution in [0.1, 0.15) is 47.8 Å².